The van der Waals surface area contributed by atoms with Gasteiger partial charge in [-0.25, -0.2) is 8.78 Å². The van der Waals surface area contributed by atoms with Gasteiger partial charge in [-0.2, -0.15) is 0 Å². The predicted octanol–water partition coefficient (Wildman–Crippen LogP) is 4.21. The van der Waals surface area contributed by atoms with E-state index in [-0.39, 0.29) is 16.9 Å². The normalized spacial score (nSPS) is 24.8. The quantitative estimate of drug-likeness (QED) is 0.838. The third kappa shape index (κ3) is 2.56. The van der Waals surface area contributed by atoms with E-state index in [9.17, 15) is 13.9 Å². The van der Waals surface area contributed by atoms with Crippen LogP contribution in [0.25, 0.3) is 0 Å². The third-order valence-corrected chi connectivity index (χ3v) is 4.25. The molecule has 0 saturated heterocycles. The average Bonchev–Trinajstić information content (AvgIpc) is 2.27. The third-order valence-electron chi connectivity index (χ3n) is 4.25. The summed E-state index contributed by atoms with van der Waals surface area (Å²) in [6, 6.07) is 3.41. The smallest absolute Gasteiger partial charge is 0.131 e. The maximum atomic E-state index is 13.7. The van der Waals surface area contributed by atoms with Gasteiger partial charge in [0.25, 0.3) is 0 Å². The predicted molar refractivity (Wildman–Crippen MR) is 67.1 cm³/mol. The van der Waals surface area contributed by atoms with E-state index in [0.29, 0.717) is 0 Å². The molecule has 1 nitrogen and oxygen atoms in total. The zero-order chi connectivity index (χ0) is 13.3. The second-order valence-corrected chi connectivity index (χ2v) is 5.95. The van der Waals surface area contributed by atoms with Crippen LogP contribution in [0.1, 0.15) is 51.2 Å². The van der Waals surface area contributed by atoms with Crippen LogP contribution < -0.4 is 0 Å². The Labute approximate surface area is 107 Å². The Morgan fingerprint density at radius 1 is 1.28 bits per heavy atom. The highest BCUT2D eigenvalue weighted by atomic mass is 19.1. The monoisotopic (exact) mass is 254 g/mol. The molecule has 2 rings (SSSR count). The van der Waals surface area contributed by atoms with Gasteiger partial charge in [-0.1, -0.05) is 32.8 Å². The van der Waals surface area contributed by atoms with Crippen molar-refractivity contribution in [3.8, 4) is 0 Å². The van der Waals surface area contributed by atoms with Crippen LogP contribution in [-0.4, -0.2) is 5.11 Å². The molecule has 1 saturated carbocycles. The highest BCUT2D eigenvalue weighted by Crippen LogP contribution is 2.47. The Kier molecular flexibility index (Phi) is 3.71. The zero-order valence-electron chi connectivity index (χ0n) is 10.9. The topological polar surface area (TPSA) is 20.2 Å². The second-order valence-electron chi connectivity index (χ2n) is 5.95. The second kappa shape index (κ2) is 4.96. The first kappa shape index (κ1) is 13.5. The Balaban J connectivity index is 2.27. The number of halogens is 2. The van der Waals surface area contributed by atoms with E-state index >= 15 is 0 Å². The summed E-state index contributed by atoms with van der Waals surface area (Å²) in [6.45, 7) is 4.23. The van der Waals surface area contributed by atoms with Crippen molar-refractivity contribution >= 4 is 0 Å². The lowest BCUT2D eigenvalue weighted by molar-refractivity contribution is 0.00195. The van der Waals surface area contributed by atoms with Gasteiger partial charge in [0.15, 0.2) is 0 Å². The zero-order valence-corrected chi connectivity index (χ0v) is 10.9. The van der Waals surface area contributed by atoms with E-state index in [1.807, 2.05) is 0 Å². The van der Waals surface area contributed by atoms with Gasteiger partial charge in [0.2, 0.25) is 0 Å². The van der Waals surface area contributed by atoms with E-state index in [1.165, 1.54) is 12.1 Å². The van der Waals surface area contributed by atoms with Gasteiger partial charge < -0.3 is 5.11 Å². The molecule has 3 heteroatoms. The first-order valence-corrected chi connectivity index (χ1v) is 6.55. The number of rotatable bonds is 2. The molecule has 0 amide bonds. The van der Waals surface area contributed by atoms with Gasteiger partial charge in [-0.15, -0.1) is 0 Å². The summed E-state index contributed by atoms with van der Waals surface area (Å²) in [7, 11) is 0. The van der Waals surface area contributed by atoms with Gasteiger partial charge in [0, 0.05) is 11.6 Å². The molecule has 1 N–H and O–H groups in total. The summed E-state index contributed by atoms with van der Waals surface area (Å²) in [5.74, 6) is -1.22. The molecule has 1 aromatic carbocycles. The van der Waals surface area contributed by atoms with Crippen molar-refractivity contribution in [2.45, 2.75) is 45.6 Å². The largest absolute Gasteiger partial charge is 0.388 e. The number of aliphatic hydroxyl groups excluding tert-OH is 1. The van der Waals surface area contributed by atoms with Crippen LogP contribution in [0.15, 0.2) is 18.2 Å². The van der Waals surface area contributed by atoms with Gasteiger partial charge in [0.05, 0.1) is 6.10 Å². The molecule has 0 bridgehead atoms. The molecular formula is C15H20F2O. The summed E-state index contributed by atoms with van der Waals surface area (Å²) >= 11 is 0. The SMILES string of the molecule is CC1(C)CCCCC1C(O)c1ccc(F)cc1F. The Morgan fingerprint density at radius 2 is 2.00 bits per heavy atom. The van der Waals surface area contributed by atoms with Crippen LogP contribution in [0.2, 0.25) is 0 Å². The van der Waals surface area contributed by atoms with E-state index in [0.717, 1.165) is 31.7 Å². The summed E-state index contributed by atoms with van der Waals surface area (Å²) in [5, 5.41) is 10.4. The van der Waals surface area contributed by atoms with Crippen molar-refractivity contribution in [3.63, 3.8) is 0 Å². The van der Waals surface area contributed by atoms with Gasteiger partial charge in [-0.05, 0) is 30.2 Å². The molecule has 1 aromatic rings. The first-order valence-electron chi connectivity index (χ1n) is 6.55. The molecular weight excluding hydrogens is 234 g/mol. The molecule has 1 aliphatic carbocycles. The molecule has 100 valence electrons. The van der Waals surface area contributed by atoms with Gasteiger partial charge in [-0.3, -0.25) is 0 Å². The van der Waals surface area contributed by atoms with Crippen LogP contribution in [0.4, 0.5) is 8.78 Å². The van der Waals surface area contributed by atoms with E-state index in [4.69, 9.17) is 0 Å². The number of hydrogen-bond donors (Lipinski definition) is 1. The highest BCUT2D eigenvalue weighted by molar-refractivity contribution is 5.22. The fourth-order valence-corrected chi connectivity index (χ4v) is 3.06. The van der Waals surface area contributed by atoms with Crippen molar-refractivity contribution in [3.05, 3.63) is 35.4 Å². The summed E-state index contributed by atoms with van der Waals surface area (Å²) in [4.78, 5) is 0. The van der Waals surface area contributed by atoms with Crippen molar-refractivity contribution in [2.75, 3.05) is 0 Å². The number of benzene rings is 1. The van der Waals surface area contributed by atoms with Crippen molar-refractivity contribution in [1.29, 1.82) is 0 Å². The maximum Gasteiger partial charge on any atom is 0.131 e. The molecule has 0 radical (unpaired) electrons. The first-order chi connectivity index (χ1) is 8.42. The van der Waals surface area contributed by atoms with E-state index in [2.05, 4.69) is 13.8 Å². The molecule has 2 atom stereocenters. The fourth-order valence-electron chi connectivity index (χ4n) is 3.06. The standard InChI is InChI=1S/C15H20F2O/c1-15(2)8-4-3-5-12(15)14(18)11-7-6-10(16)9-13(11)17/h6-7,9,12,14,18H,3-5,8H2,1-2H3. The molecule has 18 heavy (non-hydrogen) atoms. The van der Waals surface area contributed by atoms with Crippen LogP contribution in [0, 0.1) is 23.0 Å². The van der Waals surface area contributed by atoms with Crippen molar-refractivity contribution in [2.24, 2.45) is 11.3 Å². The minimum atomic E-state index is -0.846. The minimum Gasteiger partial charge on any atom is -0.388 e. The summed E-state index contributed by atoms with van der Waals surface area (Å²) < 4.78 is 26.6. The summed E-state index contributed by atoms with van der Waals surface area (Å²) in [6.07, 6.45) is 3.31. The lowest BCUT2D eigenvalue weighted by atomic mass is 9.65. The van der Waals surface area contributed by atoms with Gasteiger partial charge in [0.1, 0.15) is 11.6 Å². The minimum absolute atomic E-state index is 0.00150. The van der Waals surface area contributed by atoms with Crippen LogP contribution >= 0.6 is 0 Å². The van der Waals surface area contributed by atoms with Crippen molar-refractivity contribution < 1.29 is 13.9 Å². The average molecular weight is 254 g/mol. The Bertz CT molecular complexity index is 429. The molecule has 0 aliphatic heterocycles. The van der Waals surface area contributed by atoms with E-state index in [1.54, 1.807) is 0 Å². The van der Waals surface area contributed by atoms with Crippen LogP contribution in [0.3, 0.4) is 0 Å². The lowest BCUT2D eigenvalue weighted by Crippen LogP contribution is -2.33. The molecule has 0 heterocycles. The molecule has 1 aliphatic rings. The van der Waals surface area contributed by atoms with E-state index < -0.39 is 17.7 Å². The highest BCUT2D eigenvalue weighted by Gasteiger charge is 2.38. The van der Waals surface area contributed by atoms with Crippen LogP contribution in [0.5, 0.6) is 0 Å². The van der Waals surface area contributed by atoms with Crippen molar-refractivity contribution in [1.82, 2.24) is 0 Å². The maximum absolute atomic E-state index is 13.7. The molecule has 0 aromatic heterocycles. The van der Waals surface area contributed by atoms with Gasteiger partial charge >= 0.3 is 0 Å². The molecule has 2 unspecified atom stereocenters. The Morgan fingerprint density at radius 3 is 2.61 bits per heavy atom. The molecule has 0 spiro atoms. The van der Waals surface area contributed by atoms with Crippen LogP contribution in [-0.2, 0) is 0 Å². The number of aliphatic hydroxyl groups is 1. The lowest BCUT2D eigenvalue weighted by Gasteiger charge is -2.41. The Hall–Kier alpha value is -0.960. The number of hydrogen-bond acceptors (Lipinski definition) is 1. The molecule has 1 fully saturated rings. The summed E-state index contributed by atoms with van der Waals surface area (Å²) in [5.41, 5.74) is 0.217. The fraction of sp³-hybridized carbons (Fsp3) is 0.600.